The highest BCUT2D eigenvalue weighted by molar-refractivity contribution is 5.22. The zero-order chi connectivity index (χ0) is 11.4. The Kier molecular flexibility index (Phi) is 3.73. The van der Waals surface area contributed by atoms with Gasteiger partial charge in [-0.15, -0.1) is 0 Å². The largest absolute Gasteiger partial charge is 0.324 e. The molecule has 1 unspecified atom stereocenters. The van der Waals surface area contributed by atoms with Crippen molar-refractivity contribution in [2.45, 2.75) is 45.1 Å². The monoisotopic (exact) mass is 216 g/mol. The average molecular weight is 216 g/mol. The van der Waals surface area contributed by atoms with E-state index in [0.717, 1.165) is 12.0 Å². The van der Waals surface area contributed by atoms with Gasteiger partial charge in [0, 0.05) is 18.4 Å². The van der Waals surface area contributed by atoms with E-state index in [4.69, 9.17) is 5.73 Å². The van der Waals surface area contributed by atoms with Crippen molar-refractivity contribution >= 4 is 0 Å². The van der Waals surface area contributed by atoms with Crippen molar-refractivity contribution in [3.63, 3.8) is 0 Å². The van der Waals surface area contributed by atoms with Gasteiger partial charge in [-0.2, -0.15) is 0 Å². The number of rotatable bonds is 3. The van der Waals surface area contributed by atoms with E-state index in [0.29, 0.717) is 0 Å². The minimum absolute atomic E-state index is 0.108. The quantitative estimate of drug-likeness (QED) is 0.787. The van der Waals surface area contributed by atoms with Crippen LogP contribution in [0.5, 0.6) is 0 Å². The lowest BCUT2D eigenvalue weighted by atomic mass is 9.92. The molecule has 0 aliphatic heterocycles. The van der Waals surface area contributed by atoms with Gasteiger partial charge in [0.2, 0.25) is 0 Å². The molecule has 0 spiro atoms. The van der Waals surface area contributed by atoms with Crippen LogP contribution >= 0.6 is 0 Å². The van der Waals surface area contributed by atoms with Crippen molar-refractivity contribution in [1.82, 2.24) is 4.98 Å². The van der Waals surface area contributed by atoms with Crippen molar-refractivity contribution < 1.29 is 0 Å². The molecule has 0 amide bonds. The predicted molar refractivity (Wildman–Crippen MR) is 67.1 cm³/mol. The summed E-state index contributed by atoms with van der Waals surface area (Å²) in [7, 11) is 0. The van der Waals surface area contributed by atoms with Gasteiger partial charge in [-0.1, -0.05) is 17.7 Å². The Labute approximate surface area is 97.6 Å². The van der Waals surface area contributed by atoms with Crippen LogP contribution in [-0.2, 0) is 0 Å². The Morgan fingerprint density at radius 2 is 2.25 bits per heavy atom. The van der Waals surface area contributed by atoms with E-state index in [-0.39, 0.29) is 6.04 Å². The first-order valence-corrected chi connectivity index (χ1v) is 6.11. The summed E-state index contributed by atoms with van der Waals surface area (Å²) in [5, 5.41) is 0. The van der Waals surface area contributed by atoms with E-state index >= 15 is 0 Å². The first-order valence-electron chi connectivity index (χ1n) is 6.11. The number of aromatic nitrogens is 1. The molecular formula is C14H20N2. The van der Waals surface area contributed by atoms with Gasteiger partial charge in [0.1, 0.15) is 0 Å². The lowest BCUT2D eigenvalue weighted by molar-refractivity contribution is 0.627. The topological polar surface area (TPSA) is 38.9 Å². The lowest BCUT2D eigenvalue weighted by Crippen LogP contribution is -2.12. The Morgan fingerprint density at radius 3 is 2.94 bits per heavy atom. The van der Waals surface area contributed by atoms with Crippen molar-refractivity contribution in [3.8, 4) is 0 Å². The second kappa shape index (κ2) is 5.26. The second-order valence-electron chi connectivity index (χ2n) is 4.71. The number of nitrogens with zero attached hydrogens (tertiary/aromatic N) is 1. The van der Waals surface area contributed by atoms with Crippen LogP contribution in [0.2, 0.25) is 0 Å². The molecule has 1 heterocycles. The van der Waals surface area contributed by atoms with Crippen LogP contribution in [0, 0.1) is 6.92 Å². The summed E-state index contributed by atoms with van der Waals surface area (Å²) in [6.45, 7) is 2.06. The third-order valence-corrected chi connectivity index (χ3v) is 3.19. The normalized spacial score (nSPS) is 18.0. The molecular weight excluding hydrogens is 196 g/mol. The van der Waals surface area contributed by atoms with Gasteiger partial charge in [-0.25, -0.2) is 0 Å². The zero-order valence-electron chi connectivity index (χ0n) is 9.95. The average Bonchev–Trinajstić information content (AvgIpc) is 2.30. The molecule has 0 fully saturated rings. The maximum atomic E-state index is 6.21. The molecule has 1 aliphatic carbocycles. The van der Waals surface area contributed by atoms with Crippen LogP contribution in [0.25, 0.3) is 0 Å². The summed E-state index contributed by atoms with van der Waals surface area (Å²) in [5.41, 5.74) is 10.1. The van der Waals surface area contributed by atoms with E-state index in [2.05, 4.69) is 24.1 Å². The molecule has 2 rings (SSSR count). The number of aryl methyl sites for hydroxylation is 1. The van der Waals surface area contributed by atoms with E-state index in [1.54, 1.807) is 0 Å². The van der Waals surface area contributed by atoms with Crippen LogP contribution in [0.1, 0.15) is 49.3 Å². The van der Waals surface area contributed by atoms with Crippen molar-refractivity contribution in [2.24, 2.45) is 5.73 Å². The van der Waals surface area contributed by atoms with Crippen LogP contribution in [0.15, 0.2) is 30.1 Å². The first-order chi connectivity index (χ1) is 7.75. The van der Waals surface area contributed by atoms with Crippen LogP contribution in [0.4, 0.5) is 0 Å². The molecule has 0 saturated carbocycles. The fourth-order valence-electron chi connectivity index (χ4n) is 2.27. The molecule has 2 nitrogen and oxygen atoms in total. The summed E-state index contributed by atoms with van der Waals surface area (Å²) in [4.78, 5) is 4.20. The molecule has 1 aromatic rings. The molecule has 1 aliphatic rings. The summed E-state index contributed by atoms with van der Waals surface area (Å²) in [6, 6.07) is 2.25. The molecule has 0 radical (unpaired) electrons. The zero-order valence-corrected chi connectivity index (χ0v) is 9.95. The third-order valence-electron chi connectivity index (χ3n) is 3.19. The van der Waals surface area contributed by atoms with E-state index in [1.807, 2.05) is 12.4 Å². The number of pyridine rings is 1. The molecule has 0 aromatic carbocycles. The minimum Gasteiger partial charge on any atom is -0.324 e. The van der Waals surface area contributed by atoms with Crippen LogP contribution in [0.3, 0.4) is 0 Å². The SMILES string of the molecule is Cc1cncc(C(N)CC2=CCCCC2)c1. The molecule has 16 heavy (non-hydrogen) atoms. The lowest BCUT2D eigenvalue weighted by Gasteiger charge is -2.17. The molecule has 1 aromatic heterocycles. The molecule has 0 saturated heterocycles. The number of nitrogens with two attached hydrogens (primary N) is 1. The predicted octanol–water partition coefficient (Wildman–Crippen LogP) is 3.28. The molecule has 2 N–H and O–H groups in total. The number of hydrogen-bond acceptors (Lipinski definition) is 2. The van der Waals surface area contributed by atoms with Gasteiger partial charge >= 0.3 is 0 Å². The standard InChI is InChI=1S/C14H20N2/c1-11-7-13(10-16-9-11)14(15)8-12-5-3-2-4-6-12/h5,7,9-10,14H,2-4,6,8,15H2,1H3. The number of hydrogen-bond donors (Lipinski definition) is 1. The summed E-state index contributed by atoms with van der Waals surface area (Å²) >= 11 is 0. The van der Waals surface area contributed by atoms with Crippen LogP contribution in [-0.4, -0.2) is 4.98 Å². The highest BCUT2D eigenvalue weighted by Gasteiger charge is 2.11. The van der Waals surface area contributed by atoms with E-state index in [1.165, 1.54) is 36.8 Å². The van der Waals surface area contributed by atoms with Gasteiger partial charge in [-0.3, -0.25) is 4.98 Å². The Bertz CT molecular complexity index is 382. The first kappa shape index (κ1) is 11.3. The van der Waals surface area contributed by atoms with E-state index < -0.39 is 0 Å². The van der Waals surface area contributed by atoms with E-state index in [9.17, 15) is 0 Å². The maximum Gasteiger partial charge on any atom is 0.0347 e. The van der Waals surface area contributed by atoms with Gasteiger partial charge < -0.3 is 5.73 Å². The Balaban J connectivity index is 2.02. The molecule has 0 bridgehead atoms. The van der Waals surface area contributed by atoms with Crippen molar-refractivity contribution in [3.05, 3.63) is 41.2 Å². The highest BCUT2D eigenvalue weighted by atomic mass is 14.7. The van der Waals surface area contributed by atoms with Gasteiger partial charge in [-0.05, 0) is 50.2 Å². The maximum absolute atomic E-state index is 6.21. The van der Waals surface area contributed by atoms with Crippen molar-refractivity contribution in [2.75, 3.05) is 0 Å². The highest BCUT2D eigenvalue weighted by Crippen LogP contribution is 2.26. The second-order valence-corrected chi connectivity index (χ2v) is 4.71. The van der Waals surface area contributed by atoms with Gasteiger partial charge in [0.15, 0.2) is 0 Å². The van der Waals surface area contributed by atoms with Gasteiger partial charge in [0.05, 0.1) is 0 Å². The van der Waals surface area contributed by atoms with Gasteiger partial charge in [0.25, 0.3) is 0 Å². The Hall–Kier alpha value is -1.15. The minimum atomic E-state index is 0.108. The molecule has 2 heteroatoms. The fourth-order valence-corrected chi connectivity index (χ4v) is 2.27. The summed E-state index contributed by atoms with van der Waals surface area (Å²) < 4.78 is 0. The summed E-state index contributed by atoms with van der Waals surface area (Å²) in [6.07, 6.45) is 12.2. The van der Waals surface area contributed by atoms with Crippen LogP contribution < -0.4 is 5.73 Å². The summed E-state index contributed by atoms with van der Waals surface area (Å²) in [5.74, 6) is 0. The number of allylic oxidation sites excluding steroid dienone is 1. The molecule has 86 valence electrons. The third kappa shape index (κ3) is 2.92. The smallest absolute Gasteiger partial charge is 0.0347 e. The Morgan fingerprint density at radius 1 is 1.38 bits per heavy atom. The molecule has 1 atom stereocenters. The van der Waals surface area contributed by atoms with Crippen molar-refractivity contribution in [1.29, 1.82) is 0 Å². The fraction of sp³-hybridized carbons (Fsp3) is 0.500.